The van der Waals surface area contributed by atoms with Gasteiger partial charge in [0.05, 0.1) is 5.60 Å². The number of hydrogen-bond donors (Lipinski definition) is 1. The van der Waals surface area contributed by atoms with Crippen LogP contribution >= 0.6 is 0 Å². The Morgan fingerprint density at radius 1 is 1.29 bits per heavy atom. The van der Waals surface area contributed by atoms with Crippen molar-refractivity contribution in [2.24, 2.45) is 0 Å². The number of carbonyl (C=O) groups is 1. The Kier molecular flexibility index (Phi) is 6.54. The van der Waals surface area contributed by atoms with Gasteiger partial charge in [-0.3, -0.25) is 4.90 Å². The summed E-state index contributed by atoms with van der Waals surface area (Å²) >= 11 is 0. The molecule has 0 bridgehead atoms. The lowest BCUT2D eigenvalue weighted by molar-refractivity contribution is -0.0352. The van der Waals surface area contributed by atoms with Gasteiger partial charge in [-0.25, -0.2) is 4.79 Å². The van der Waals surface area contributed by atoms with Gasteiger partial charge in [0.25, 0.3) is 0 Å². The Morgan fingerprint density at radius 2 is 1.96 bits per heavy atom. The Labute approximate surface area is 147 Å². The first-order chi connectivity index (χ1) is 11.2. The van der Waals surface area contributed by atoms with Gasteiger partial charge < -0.3 is 14.7 Å². The molecule has 0 aromatic carbocycles. The summed E-state index contributed by atoms with van der Waals surface area (Å²) in [5, 5.41) is 10.9. The predicted octanol–water partition coefficient (Wildman–Crippen LogP) is 3.40. The van der Waals surface area contributed by atoms with Crippen LogP contribution in [0.5, 0.6) is 0 Å². The summed E-state index contributed by atoms with van der Waals surface area (Å²) in [6, 6.07) is 0.336. The Morgan fingerprint density at radius 3 is 2.54 bits per heavy atom. The summed E-state index contributed by atoms with van der Waals surface area (Å²) in [6.45, 7) is 11.1. The lowest BCUT2D eigenvalue weighted by Gasteiger charge is -2.39. The lowest BCUT2D eigenvalue weighted by atomic mass is 9.84. The van der Waals surface area contributed by atoms with E-state index in [1.165, 1.54) is 6.42 Å². The average Bonchev–Trinajstić information content (AvgIpc) is 2.95. The highest BCUT2D eigenvalue weighted by atomic mass is 16.6. The Balaban J connectivity index is 1.93. The fraction of sp³-hybridized carbons (Fsp3) is 0.947. The SMILES string of the molecule is CCCN(CC1(O)CCCCC1)C1CCN(C(=O)OC(C)(C)C)C1. The van der Waals surface area contributed by atoms with Gasteiger partial charge in [-0.2, -0.15) is 0 Å². The van der Waals surface area contributed by atoms with Crippen molar-refractivity contribution in [3.05, 3.63) is 0 Å². The first-order valence-electron chi connectivity index (χ1n) is 9.67. The average molecular weight is 341 g/mol. The smallest absolute Gasteiger partial charge is 0.410 e. The van der Waals surface area contributed by atoms with E-state index < -0.39 is 11.2 Å². The van der Waals surface area contributed by atoms with Crippen molar-refractivity contribution < 1.29 is 14.6 Å². The van der Waals surface area contributed by atoms with Gasteiger partial charge in [0.15, 0.2) is 0 Å². The number of carbonyl (C=O) groups excluding carboxylic acids is 1. The van der Waals surface area contributed by atoms with Gasteiger partial charge in [-0.15, -0.1) is 0 Å². The number of ether oxygens (including phenoxy) is 1. The summed E-state index contributed by atoms with van der Waals surface area (Å²) < 4.78 is 5.50. The van der Waals surface area contributed by atoms with Crippen LogP contribution in [-0.2, 0) is 4.74 Å². The Bertz CT molecular complexity index is 413. The molecule has 1 unspecified atom stereocenters. The van der Waals surface area contributed by atoms with Crippen LogP contribution in [0.3, 0.4) is 0 Å². The number of nitrogens with zero attached hydrogens (tertiary/aromatic N) is 2. The number of amides is 1. The first-order valence-corrected chi connectivity index (χ1v) is 9.67. The van der Waals surface area contributed by atoms with Crippen LogP contribution < -0.4 is 0 Å². The van der Waals surface area contributed by atoms with Gasteiger partial charge in [-0.1, -0.05) is 26.2 Å². The molecule has 1 aliphatic heterocycles. The molecular weight excluding hydrogens is 304 g/mol. The van der Waals surface area contributed by atoms with E-state index in [1.54, 1.807) is 0 Å². The molecule has 1 heterocycles. The highest BCUT2D eigenvalue weighted by Crippen LogP contribution is 2.30. The topological polar surface area (TPSA) is 53.0 Å². The third-order valence-corrected chi connectivity index (χ3v) is 5.12. The molecule has 0 radical (unpaired) electrons. The van der Waals surface area contributed by atoms with Crippen LogP contribution in [0.15, 0.2) is 0 Å². The van der Waals surface area contributed by atoms with Gasteiger partial charge in [0, 0.05) is 25.7 Å². The summed E-state index contributed by atoms with van der Waals surface area (Å²) in [6.07, 6.45) is 7.15. The summed E-state index contributed by atoms with van der Waals surface area (Å²) in [7, 11) is 0. The lowest BCUT2D eigenvalue weighted by Crippen LogP contribution is -2.49. The second kappa shape index (κ2) is 8.05. The molecule has 140 valence electrons. The molecule has 0 spiro atoms. The highest BCUT2D eigenvalue weighted by molar-refractivity contribution is 5.68. The number of hydrogen-bond acceptors (Lipinski definition) is 4. The van der Waals surface area contributed by atoms with Gasteiger partial charge in [0.1, 0.15) is 5.60 Å². The van der Waals surface area contributed by atoms with Crippen molar-refractivity contribution >= 4 is 6.09 Å². The zero-order chi connectivity index (χ0) is 17.8. The van der Waals surface area contributed by atoms with Crippen molar-refractivity contribution in [3.8, 4) is 0 Å². The standard InChI is InChI=1S/C19H36N2O3/c1-5-12-21(15-19(23)10-7-6-8-11-19)16-9-13-20(14-16)17(22)24-18(2,3)4/h16,23H,5-15H2,1-4H3. The fourth-order valence-corrected chi connectivity index (χ4v) is 3.96. The molecule has 0 aromatic heterocycles. The van der Waals surface area contributed by atoms with E-state index in [9.17, 15) is 9.90 Å². The first kappa shape index (κ1) is 19.5. The molecule has 1 saturated heterocycles. The zero-order valence-corrected chi connectivity index (χ0v) is 16.0. The molecule has 1 N–H and O–H groups in total. The third kappa shape index (κ3) is 5.62. The van der Waals surface area contributed by atoms with E-state index in [0.717, 1.165) is 58.2 Å². The Hall–Kier alpha value is -0.810. The van der Waals surface area contributed by atoms with E-state index in [1.807, 2.05) is 25.7 Å². The molecule has 2 aliphatic rings. The van der Waals surface area contributed by atoms with E-state index in [4.69, 9.17) is 4.74 Å². The summed E-state index contributed by atoms with van der Waals surface area (Å²) in [5.74, 6) is 0. The zero-order valence-electron chi connectivity index (χ0n) is 16.0. The largest absolute Gasteiger partial charge is 0.444 e. The third-order valence-electron chi connectivity index (χ3n) is 5.12. The molecule has 0 aromatic rings. The molecule has 5 nitrogen and oxygen atoms in total. The fourth-order valence-electron chi connectivity index (χ4n) is 3.96. The second-order valence-electron chi connectivity index (χ2n) is 8.62. The van der Waals surface area contributed by atoms with E-state index in [2.05, 4.69) is 11.8 Å². The van der Waals surface area contributed by atoms with Gasteiger partial charge >= 0.3 is 6.09 Å². The van der Waals surface area contributed by atoms with E-state index >= 15 is 0 Å². The van der Waals surface area contributed by atoms with Gasteiger partial charge in [0.2, 0.25) is 0 Å². The minimum Gasteiger partial charge on any atom is -0.444 e. The number of likely N-dealkylation sites (tertiary alicyclic amines) is 1. The molecular formula is C19H36N2O3. The van der Waals surface area contributed by atoms with Crippen LogP contribution in [0, 0.1) is 0 Å². The second-order valence-corrected chi connectivity index (χ2v) is 8.62. The molecule has 2 rings (SSSR count). The van der Waals surface area contributed by atoms with Crippen molar-refractivity contribution in [3.63, 3.8) is 0 Å². The maximum Gasteiger partial charge on any atom is 0.410 e. The molecule has 5 heteroatoms. The van der Waals surface area contributed by atoms with E-state index in [0.29, 0.717) is 12.6 Å². The predicted molar refractivity (Wildman–Crippen MR) is 96.1 cm³/mol. The van der Waals surface area contributed by atoms with Crippen LogP contribution in [0.4, 0.5) is 4.79 Å². The quantitative estimate of drug-likeness (QED) is 0.833. The number of rotatable bonds is 5. The van der Waals surface area contributed by atoms with Crippen molar-refractivity contribution in [1.29, 1.82) is 0 Å². The maximum atomic E-state index is 12.3. The maximum absolute atomic E-state index is 12.3. The van der Waals surface area contributed by atoms with Crippen molar-refractivity contribution in [2.45, 2.75) is 89.9 Å². The summed E-state index contributed by atoms with van der Waals surface area (Å²) in [4.78, 5) is 16.5. The monoisotopic (exact) mass is 340 g/mol. The van der Waals surface area contributed by atoms with Crippen LogP contribution in [0.25, 0.3) is 0 Å². The molecule has 1 atom stereocenters. The van der Waals surface area contributed by atoms with Crippen LogP contribution in [-0.4, -0.2) is 64.4 Å². The van der Waals surface area contributed by atoms with Crippen molar-refractivity contribution in [1.82, 2.24) is 9.80 Å². The van der Waals surface area contributed by atoms with E-state index in [-0.39, 0.29) is 6.09 Å². The molecule has 1 saturated carbocycles. The van der Waals surface area contributed by atoms with Crippen molar-refractivity contribution in [2.75, 3.05) is 26.2 Å². The normalized spacial score (nSPS) is 24.4. The van der Waals surface area contributed by atoms with Crippen LogP contribution in [0.2, 0.25) is 0 Å². The minimum atomic E-state index is -0.535. The highest BCUT2D eigenvalue weighted by Gasteiger charge is 2.37. The van der Waals surface area contributed by atoms with Crippen LogP contribution in [0.1, 0.15) is 72.6 Å². The van der Waals surface area contributed by atoms with Gasteiger partial charge in [-0.05, 0) is 53.0 Å². The number of aliphatic hydroxyl groups is 1. The molecule has 24 heavy (non-hydrogen) atoms. The molecule has 1 aliphatic carbocycles. The molecule has 1 amide bonds. The minimum absolute atomic E-state index is 0.210. The summed E-state index contributed by atoms with van der Waals surface area (Å²) in [5.41, 5.74) is -0.984. The molecule has 2 fully saturated rings.